The summed E-state index contributed by atoms with van der Waals surface area (Å²) in [5, 5.41) is 29.4. The van der Waals surface area contributed by atoms with E-state index >= 15 is 4.39 Å². The van der Waals surface area contributed by atoms with Gasteiger partial charge in [-0.1, -0.05) is 6.07 Å². The van der Waals surface area contributed by atoms with Gasteiger partial charge in [-0.05, 0) is 71.3 Å². The number of hydrogen-bond donors (Lipinski definition) is 4. The van der Waals surface area contributed by atoms with Crippen LogP contribution in [0, 0.1) is 11.6 Å². The number of thiocarbonyl (C=S) groups is 1. The highest BCUT2D eigenvalue weighted by atomic mass is 32.2. The molecule has 0 fully saturated rings. The third kappa shape index (κ3) is 8.47. The summed E-state index contributed by atoms with van der Waals surface area (Å²) in [4.78, 5) is 28.8. The fraction of sp³-hybridized carbons (Fsp3) is 0.542. The number of carbonyl (C=O) groups excluding carboxylic acids is 1. The summed E-state index contributed by atoms with van der Waals surface area (Å²) in [5.74, 6) is -2.65. The monoisotopic (exact) mass is 588 g/mol. The van der Waals surface area contributed by atoms with Crippen LogP contribution in [-0.2, 0) is 21.7 Å². The number of nitrogens with one attached hydrogen (secondary N) is 2. The summed E-state index contributed by atoms with van der Waals surface area (Å²) >= 11 is 6.96. The Balaban J connectivity index is 2.60. The predicted octanol–water partition coefficient (Wildman–Crippen LogP) is 3.05. The minimum atomic E-state index is -2.22. The van der Waals surface area contributed by atoms with Crippen LogP contribution in [0.3, 0.4) is 0 Å². The van der Waals surface area contributed by atoms with Crippen LogP contribution in [0.1, 0.15) is 46.6 Å². The van der Waals surface area contributed by atoms with E-state index in [1.807, 2.05) is 6.26 Å². The summed E-state index contributed by atoms with van der Waals surface area (Å²) in [6.45, 7) is 7.36. The van der Waals surface area contributed by atoms with Gasteiger partial charge in [-0.25, -0.2) is 33.5 Å². The van der Waals surface area contributed by atoms with Crippen molar-refractivity contribution in [3.05, 3.63) is 48.1 Å². The van der Waals surface area contributed by atoms with Crippen LogP contribution < -0.4 is 10.7 Å². The number of nitrogens with zero attached hydrogens (tertiary/aromatic N) is 4. The number of hydrogen-bond acceptors (Lipinski definition) is 8. The molecule has 0 spiro atoms. The number of aliphatic hydroxyl groups is 1. The van der Waals surface area contributed by atoms with Gasteiger partial charge < -0.3 is 20.3 Å². The first-order valence-electron chi connectivity index (χ1n) is 11.9. The Labute approximate surface area is 235 Å². The van der Waals surface area contributed by atoms with Gasteiger partial charge in [-0.15, -0.1) is 0 Å². The van der Waals surface area contributed by atoms with E-state index < -0.39 is 53.0 Å². The van der Waals surface area contributed by atoms with Crippen LogP contribution in [-0.4, -0.2) is 76.4 Å². The summed E-state index contributed by atoms with van der Waals surface area (Å²) in [6.07, 6.45) is 3.50. The van der Waals surface area contributed by atoms with E-state index in [1.165, 1.54) is 42.9 Å². The van der Waals surface area contributed by atoms with Crippen molar-refractivity contribution >= 4 is 41.2 Å². The molecule has 1 heterocycles. The molecule has 2 aromatic rings. The smallest absolute Gasteiger partial charge is 0.426 e. The van der Waals surface area contributed by atoms with Gasteiger partial charge in [0.25, 0.3) is 0 Å². The molecule has 15 heteroatoms. The maximum Gasteiger partial charge on any atom is 0.426 e. The number of carboxylic acid groups (broad SMARTS) is 1. The number of rotatable bonds is 10. The number of carboxylic acids is 1. The molecule has 1 aromatic heterocycles. The first-order chi connectivity index (χ1) is 18.0. The van der Waals surface area contributed by atoms with Crippen LogP contribution in [0.4, 0.5) is 13.6 Å². The lowest BCUT2D eigenvalue weighted by Crippen LogP contribution is -2.65. The van der Waals surface area contributed by atoms with Crippen molar-refractivity contribution < 1.29 is 33.3 Å². The maximum absolute atomic E-state index is 15.1. The lowest BCUT2D eigenvalue weighted by Gasteiger charge is -2.43. The number of carbonyl (C=O) groups is 2. The number of aliphatic carboxylic acids is 1. The Hall–Kier alpha value is -3.04. The van der Waals surface area contributed by atoms with Crippen LogP contribution >= 0.6 is 24.0 Å². The highest BCUT2D eigenvalue weighted by Crippen LogP contribution is 2.33. The van der Waals surface area contributed by atoms with Crippen LogP contribution in [0.25, 0.3) is 0 Å². The third-order valence-electron chi connectivity index (χ3n) is 5.84. The summed E-state index contributed by atoms with van der Waals surface area (Å²) in [5.41, 5.74) is -2.57. The first kappa shape index (κ1) is 32.2. The normalized spacial score (nSPS) is 15.4. The molecule has 0 aliphatic carbocycles. The van der Waals surface area contributed by atoms with Crippen molar-refractivity contribution in [1.82, 2.24) is 30.5 Å². The Morgan fingerprint density at radius 3 is 2.46 bits per heavy atom. The Morgan fingerprint density at radius 1 is 1.28 bits per heavy atom. The molecule has 39 heavy (non-hydrogen) atoms. The largest absolute Gasteiger partial charge is 0.480 e. The summed E-state index contributed by atoms with van der Waals surface area (Å²) < 4.78 is 35.4. The molecular formula is C24H34F2N6O5S2. The molecule has 0 aliphatic heterocycles. The number of benzene rings is 1. The van der Waals surface area contributed by atoms with Gasteiger partial charge in [0, 0.05) is 11.6 Å². The predicted molar refractivity (Wildman–Crippen MR) is 146 cm³/mol. The minimum Gasteiger partial charge on any atom is -0.480 e. The summed E-state index contributed by atoms with van der Waals surface area (Å²) in [7, 11) is 0. The van der Waals surface area contributed by atoms with Crippen molar-refractivity contribution in [2.45, 2.75) is 70.4 Å². The van der Waals surface area contributed by atoms with E-state index in [2.05, 4.69) is 20.8 Å². The lowest BCUT2D eigenvalue weighted by atomic mass is 9.86. The first-order valence-corrected chi connectivity index (χ1v) is 13.7. The number of aromatic nitrogens is 3. The maximum atomic E-state index is 15.1. The number of amides is 1. The quantitative estimate of drug-likeness (QED) is 0.240. The Morgan fingerprint density at radius 2 is 1.95 bits per heavy atom. The van der Waals surface area contributed by atoms with Crippen LogP contribution in [0.2, 0.25) is 0 Å². The molecule has 0 radical (unpaired) electrons. The number of halogens is 2. The zero-order valence-electron chi connectivity index (χ0n) is 22.6. The average Bonchev–Trinajstić information content (AvgIpc) is 3.32. The molecular weight excluding hydrogens is 554 g/mol. The van der Waals surface area contributed by atoms with Crippen molar-refractivity contribution in [2.24, 2.45) is 0 Å². The second kappa shape index (κ2) is 12.9. The summed E-state index contributed by atoms with van der Waals surface area (Å²) in [6, 6.07) is 1.36. The van der Waals surface area contributed by atoms with E-state index in [0.29, 0.717) is 11.8 Å². The molecule has 3 unspecified atom stereocenters. The van der Waals surface area contributed by atoms with Gasteiger partial charge in [0.1, 0.15) is 41.0 Å². The van der Waals surface area contributed by atoms with E-state index in [0.717, 1.165) is 17.1 Å². The molecule has 2 rings (SSSR count). The molecule has 0 bridgehead atoms. The average molecular weight is 589 g/mol. The van der Waals surface area contributed by atoms with Crippen molar-refractivity contribution in [2.75, 3.05) is 12.0 Å². The number of hydrazine groups is 1. The Kier molecular flexibility index (Phi) is 10.6. The molecule has 0 saturated heterocycles. The molecule has 1 aromatic carbocycles. The van der Waals surface area contributed by atoms with E-state index in [1.54, 1.807) is 20.8 Å². The fourth-order valence-corrected chi connectivity index (χ4v) is 4.65. The van der Waals surface area contributed by atoms with Crippen LogP contribution in [0.5, 0.6) is 0 Å². The highest BCUT2D eigenvalue weighted by molar-refractivity contribution is 7.98. The van der Waals surface area contributed by atoms with Gasteiger partial charge >= 0.3 is 12.1 Å². The number of thioether (sulfide) groups is 1. The zero-order valence-corrected chi connectivity index (χ0v) is 24.2. The van der Waals surface area contributed by atoms with Crippen molar-refractivity contribution in [3.63, 3.8) is 0 Å². The molecule has 216 valence electrons. The molecule has 0 saturated carbocycles. The zero-order chi connectivity index (χ0) is 29.6. The minimum absolute atomic E-state index is 0.161. The van der Waals surface area contributed by atoms with Crippen LogP contribution in [0.15, 0.2) is 30.9 Å². The van der Waals surface area contributed by atoms with E-state index in [-0.39, 0.29) is 17.1 Å². The molecule has 4 N–H and O–H groups in total. The molecule has 11 nitrogen and oxygen atoms in total. The Bertz CT molecular complexity index is 1170. The van der Waals surface area contributed by atoms with Gasteiger partial charge in [0.2, 0.25) is 0 Å². The number of ether oxygens (including phenoxy) is 1. The molecule has 0 aliphatic rings. The molecule has 1 amide bonds. The van der Waals surface area contributed by atoms with Gasteiger partial charge in [0.15, 0.2) is 5.11 Å². The van der Waals surface area contributed by atoms with E-state index in [9.17, 15) is 24.2 Å². The van der Waals surface area contributed by atoms with Gasteiger partial charge in [-0.3, -0.25) is 5.01 Å². The third-order valence-corrected chi connectivity index (χ3v) is 6.75. The SMILES string of the molecule is CSCCC(C)(NC(=S)N(NC(=O)OC(C)(C)C)C(C)C(O)(Cn1cncn1)c1ccc(F)cc1F)C(=O)O. The fourth-order valence-electron chi connectivity index (χ4n) is 3.61. The van der Waals surface area contributed by atoms with Gasteiger partial charge in [0.05, 0.1) is 12.6 Å². The second-order valence-electron chi connectivity index (χ2n) is 10.1. The van der Waals surface area contributed by atoms with E-state index in [4.69, 9.17) is 17.0 Å². The molecule has 3 atom stereocenters. The van der Waals surface area contributed by atoms with Gasteiger partial charge in [-0.2, -0.15) is 16.9 Å². The second-order valence-corrected chi connectivity index (χ2v) is 11.5. The highest BCUT2D eigenvalue weighted by Gasteiger charge is 2.45. The lowest BCUT2D eigenvalue weighted by molar-refractivity contribution is -0.143. The van der Waals surface area contributed by atoms with Crippen molar-refractivity contribution in [3.8, 4) is 0 Å². The topological polar surface area (TPSA) is 142 Å². The standard InChI is InChI=1S/C24H34F2N6O5S2/c1-15(24(36,12-31-14-27-13-28-31)17-8-7-16(25)11-18(17)26)32(30-21(35)37-22(2,3)4)20(38)29-23(5,19(33)34)9-10-39-6/h7-8,11,13-15,36H,9-10,12H2,1-6H3,(H,29,38)(H,30,35)(H,33,34). The van der Waals surface area contributed by atoms with Crippen molar-refractivity contribution in [1.29, 1.82) is 0 Å².